The van der Waals surface area contributed by atoms with E-state index < -0.39 is 192 Å². The molecule has 34 heteroatoms. The number of benzene rings is 4. The standard InChI is InChI=1S/C77H106N18O15S/c1-7-43(6)66-77(110)91-59(38-96)68(101)84-37-62(98)85-53(24-14-16-28-78)69(102)90-58(34-61(80)97)71(104)89-57(33-48-36-83-52-23-13-11-21-50(48)52)74(107)93-64(41(2)3)75(108)87-54(25-15-17-29-79)70(103)88-56(32-47-35-82-51-22-12-10-20-49(47)51)73(106)94-65(42(4)5)76(109)92-60(67(81)100)39-111-40-63(99)86-55(72(105)95-66)31-44-26-27-45-18-8-9-19-46(45)30-44/h8-13,18-23,26-27,30,35-36,41-43,53-60,64-66,82-83,96H,7,14-17,24-25,28-29,31-34,37-40,78-79H2,1-6H3,(H2,80,97)(H2,81,100)(H,84,101)(H,85,98)(H,86,99)(H,87,108)(H,88,103)(H,89,104)(H,90,102)(H,91,110)(H,92,109)(H,93,107)(H,94,106)(H,95,105)/t43-,53-,54-,55-,56-,57-,58-,59+,60-,64-,65-,66-/m0/s1. The maximum Gasteiger partial charge on any atom is 0.245 e. The Morgan fingerprint density at radius 2 is 0.910 bits per heavy atom. The zero-order valence-corrected chi connectivity index (χ0v) is 64.1. The molecule has 0 bridgehead atoms. The van der Waals surface area contributed by atoms with Gasteiger partial charge in [-0.05, 0) is 109 Å². The molecule has 600 valence electrons. The van der Waals surface area contributed by atoms with Gasteiger partial charge in [0.1, 0.15) is 66.5 Å². The molecule has 33 nitrogen and oxygen atoms in total. The third-order valence-electron chi connectivity index (χ3n) is 19.3. The van der Waals surface area contributed by atoms with E-state index in [0.717, 1.165) is 22.5 Å². The first-order chi connectivity index (χ1) is 53.0. The Morgan fingerprint density at radius 1 is 0.468 bits per heavy atom. The van der Waals surface area contributed by atoms with Crippen molar-refractivity contribution in [2.24, 2.45) is 40.7 Å². The highest BCUT2D eigenvalue weighted by Crippen LogP contribution is 2.24. The van der Waals surface area contributed by atoms with E-state index in [1.54, 1.807) is 102 Å². The zero-order valence-electron chi connectivity index (χ0n) is 63.3. The van der Waals surface area contributed by atoms with Crippen molar-refractivity contribution in [2.45, 2.75) is 179 Å². The highest BCUT2D eigenvalue weighted by Gasteiger charge is 2.39. The van der Waals surface area contributed by atoms with E-state index in [0.29, 0.717) is 51.3 Å². The molecule has 0 radical (unpaired) electrons. The van der Waals surface area contributed by atoms with Gasteiger partial charge in [0, 0.05) is 59.2 Å². The third kappa shape index (κ3) is 25.8. The molecule has 4 aromatic carbocycles. The van der Waals surface area contributed by atoms with Gasteiger partial charge in [-0.3, -0.25) is 67.1 Å². The smallest absolute Gasteiger partial charge is 0.245 e. The lowest BCUT2D eigenvalue weighted by molar-refractivity contribution is -0.137. The Labute approximate surface area is 647 Å². The predicted octanol–water partition coefficient (Wildman–Crippen LogP) is -1.00. The molecule has 1 aliphatic rings. The minimum absolute atomic E-state index is 0.0362. The van der Waals surface area contributed by atoms with Gasteiger partial charge in [-0.15, -0.1) is 11.8 Å². The molecule has 2 aromatic heterocycles. The fourth-order valence-corrected chi connectivity index (χ4v) is 13.6. The highest BCUT2D eigenvalue weighted by molar-refractivity contribution is 8.00. The molecule has 0 spiro atoms. The van der Waals surface area contributed by atoms with Crippen molar-refractivity contribution in [1.29, 1.82) is 0 Å². The van der Waals surface area contributed by atoms with Crippen LogP contribution in [0.3, 0.4) is 0 Å². The molecule has 3 heterocycles. The number of aromatic nitrogens is 2. The van der Waals surface area contributed by atoms with Crippen LogP contribution in [0.25, 0.3) is 32.6 Å². The number of aliphatic hydroxyl groups excluding tert-OH is 1. The van der Waals surface area contributed by atoms with Gasteiger partial charge in [-0.25, -0.2) is 0 Å². The van der Waals surface area contributed by atoms with Gasteiger partial charge < -0.3 is 102 Å². The first-order valence-electron chi connectivity index (χ1n) is 37.4. The number of aromatic amines is 2. The summed E-state index contributed by atoms with van der Waals surface area (Å²) in [4.78, 5) is 207. The number of carbonyl (C=O) groups is 14. The molecule has 0 aliphatic carbocycles. The van der Waals surface area contributed by atoms with Gasteiger partial charge >= 0.3 is 0 Å². The summed E-state index contributed by atoms with van der Waals surface area (Å²) in [6, 6.07) is 10.5. The molecule has 1 saturated heterocycles. The maximum atomic E-state index is 15.0. The van der Waals surface area contributed by atoms with Crippen LogP contribution in [0.5, 0.6) is 0 Å². The predicted molar refractivity (Wildman–Crippen MR) is 418 cm³/mol. The van der Waals surface area contributed by atoms with Gasteiger partial charge in [0.05, 0.1) is 25.3 Å². The van der Waals surface area contributed by atoms with E-state index in [2.05, 4.69) is 73.8 Å². The van der Waals surface area contributed by atoms with Crippen molar-refractivity contribution in [2.75, 3.05) is 37.7 Å². The van der Waals surface area contributed by atoms with Gasteiger partial charge in [-0.1, -0.05) is 127 Å². The van der Waals surface area contributed by atoms with Crippen molar-refractivity contribution in [1.82, 2.24) is 73.8 Å². The lowest BCUT2D eigenvalue weighted by Gasteiger charge is -2.29. The number of unbranched alkanes of at least 4 members (excludes halogenated alkanes) is 2. The van der Waals surface area contributed by atoms with E-state index in [4.69, 9.17) is 22.9 Å². The topological polar surface area (TPSA) is 539 Å². The Balaban J connectivity index is 1.26. The number of nitrogens with one attached hydrogen (secondary N) is 14. The molecule has 7 rings (SSSR count). The fraction of sp³-hybridized carbons (Fsp3) is 0.481. The molecule has 14 amide bonds. The van der Waals surface area contributed by atoms with Crippen molar-refractivity contribution in [3.8, 4) is 0 Å². The normalized spacial score (nSPS) is 23.4. The summed E-state index contributed by atoms with van der Waals surface area (Å²) in [5, 5.41) is 45.2. The summed E-state index contributed by atoms with van der Waals surface area (Å²) >= 11 is 0.873. The molecular weight excluding hydrogens is 1450 g/mol. The zero-order chi connectivity index (χ0) is 81.0. The van der Waals surface area contributed by atoms with Crippen LogP contribution in [0, 0.1) is 17.8 Å². The van der Waals surface area contributed by atoms with Crippen LogP contribution in [0.1, 0.15) is 110 Å². The monoisotopic (exact) mass is 1550 g/mol. The number of amides is 14. The molecular formula is C77H106N18O15S. The van der Waals surface area contributed by atoms with Gasteiger partial charge in [0.25, 0.3) is 0 Å². The lowest BCUT2D eigenvalue weighted by Crippen LogP contribution is -2.62. The van der Waals surface area contributed by atoms with Crippen LogP contribution >= 0.6 is 11.8 Å². The Hall–Kier alpha value is -11.0. The Kier molecular flexibility index (Phi) is 33.7. The van der Waals surface area contributed by atoms with Crippen molar-refractivity contribution in [3.63, 3.8) is 0 Å². The maximum absolute atomic E-state index is 15.0. The third-order valence-corrected chi connectivity index (χ3v) is 20.3. The molecule has 6 aromatic rings. The number of carbonyl (C=O) groups excluding carboxylic acids is 14. The number of hydrogen-bond donors (Lipinski definition) is 19. The quantitative estimate of drug-likeness (QED) is 0.0362. The van der Waals surface area contributed by atoms with E-state index in [1.807, 2.05) is 42.5 Å². The molecule has 1 aliphatic heterocycles. The van der Waals surface area contributed by atoms with Gasteiger partial charge in [0.15, 0.2) is 0 Å². The van der Waals surface area contributed by atoms with E-state index in [1.165, 1.54) is 0 Å². The number of fused-ring (bicyclic) bond motifs is 3. The van der Waals surface area contributed by atoms with Crippen molar-refractivity contribution in [3.05, 3.63) is 120 Å². The summed E-state index contributed by atoms with van der Waals surface area (Å²) in [5.41, 5.74) is 26.4. The summed E-state index contributed by atoms with van der Waals surface area (Å²) in [5.74, 6) is -15.9. The van der Waals surface area contributed by atoms with Crippen molar-refractivity contribution < 1.29 is 72.2 Å². The van der Waals surface area contributed by atoms with Crippen LogP contribution in [-0.2, 0) is 86.4 Å². The molecule has 111 heavy (non-hydrogen) atoms. The van der Waals surface area contributed by atoms with E-state index >= 15 is 9.59 Å². The largest absolute Gasteiger partial charge is 0.394 e. The summed E-state index contributed by atoms with van der Waals surface area (Å²) in [6.45, 7) is 8.37. The second kappa shape index (κ2) is 42.8. The van der Waals surface area contributed by atoms with Crippen molar-refractivity contribution >= 4 is 127 Å². The molecule has 1 fully saturated rings. The number of H-pyrrole nitrogens is 2. The number of thioether (sulfide) groups is 1. The number of para-hydroxylation sites is 2. The van der Waals surface area contributed by atoms with Crippen LogP contribution in [0.2, 0.25) is 0 Å². The number of hydrogen-bond acceptors (Lipinski definition) is 18. The number of rotatable bonds is 22. The summed E-state index contributed by atoms with van der Waals surface area (Å²) < 4.78 is 0. The minimum atomic E-state index is -1.81. The molecule has 23 N–H and O–H groups in total. The van der Waals surface area contributed by atoms with Crippen LogP contribution in [-0.4, -0.2) is 202 Å². The second-order valence-electron chi connectivity index (χ2n) is 28.5. The van der Waals surface area contributed by atoms with Crippen LogP contribution < -0.4 is 86.7 Å². The molecule has 0 saturated carbocycles. The van der Waals surface area contributed by atoms with E-state index in [9.17, 15) is 62.6 Å². The first-order valence-corrected chi connectivity index (χ1v) is 38.5. The van der Waals surface area contributed by atoms with Gasteiger partial charge in [-0.2, -0.15) is 0 Å². The number of primary amides is 2. The summed E-state index contributed by atoms with van der Waals surface area (Å²) in [6.07, 6.45) is 3.28. The highest BCUT2D eigenvalue weighted by atomic mass is 32.2. The van der Waals surface area contributed by atoms with Crippen LogP contribution in [0.15, 0.2) is 103 Å². The van der Waals surface area contributed by atoms with E-state index in [-0.39, 0.29) is 70.2 Å². The fourth-order valence-electron chi connectivity index (χ4n) is 12.8. The number of aliphatic hydroxyl groups is 1. The second-order valence-corrected chi connectivity index (χ2v) is 29.5. The lowest BCUT2D eigenvalue weighted by atomic mass is 9.96. The first kappa shape index (κ1) is 87.3. The summed E-state index contributed by atoms with van der Waals surface area (Å²) in [7, 11) is 0. The average Bonchev–Trinajstić information content (AvgIpc) is 1.74. The minimum Gasteiger partial charge on any atom is -0.394 e. The SMILES string of the molecule is CC[C@H](C)[C@@H]1NC(=O)[C@H](Cc2ccc3ccccc3c2)NC(=O)CSC[C@@H](C(N)=O)NC(=O)[C@H](C(C)C)NC(=O)[C@H](Cc2c[nH]c3ccccc23)NC(=O)[C@H](CCCCN)NC(=O)[C@H](C(C)C)NC(=O)[C@H](Cc2c[nH]c3ccccc23)NC(=O)[C@H](CC(N)=O)NC(=O)[C@H](CCCCN)NC(=O)CNC(=O)[C@@H](CO)NC1=O. The van der Waals surface area contributed by atoms with Crippen LogP contribution in [0.4, 0.5) is 0 Å². The Morgan fingerprint density at radius 3 is 1.42 bits per heavy atom. The Bertz CT molecular complexity index is 4280. The molecule has 0 unspecified atom stereocenters. The average molecular weight is 1560 g/mol. The molecule has 12 atom stereocenters. The van der Waals surface area contributed by atoms with Gasteiger partial charge in [0.2, 0.25) is 82.7 Å². The number of nitrogens with two attached hydrogens (primary N) is 4.